The van der Waals surface area contributed by atoms with Crippen molar-refractivity contribution in [2.24, 2.45) is 0 Å². The van der Waals surface area contributed by atoms with Crippen LogP contribution in [0.1, 0.15) is 17.5 Å². The van der Waals surface area contributed by atoms with Crippen molar-refractivity contribution < 1.29 is 13.2 Å². The molecule has 1 atom stereocenters. The molecule has 0 aliphatic heterocycles. The molecule has 4 aromatic rings. The quantitative estimate of drug-likeness (QED) is 0.206. The van der Waals surface area contributed by atoms with Crippen LogP contribution in [0.5, 0.6) is 0 Å². The van der Waals surface area contributed by atoms with Crippen LogP contribution in [0.3, 0.4) is 0 Å². The Morgan fingerprint density at radius 2 is 1.82 bits per heavy atom. The Kier molecular flexibility index (Phi) is 9.85. The Balaban J connectivity index is 1.57. The van der Waals surface area contributed by atoms with Crippen LogP contribution in [0.15, 0.2) is 67.3 Å². The van der Waals surface area contributed by atoms with Gasteiger partial charge in [0.2, 0.25) is 11.9 Å². The van der Waals surface area contributed by atoms with E-state index in [1.54, 1.807) is 53.6 Å². The van der Waals surface area contributed by atoms with Crippen molar-refractivity contribution in [3.05, 3.63) is 93.4 Å². The standard InChI is InChI=1S/C26H26Cl3N7O3S/c1-40(38,39)10-7-22(25(37)31-15-18-5-6-20(28)12-21(18)29)33-23-13-24(36-9-8-30-16-36)35-26(34-23)32-14-17-3-2-4-19(27)11-17/h2-6,8-9,11-13,16,22H,7,10,14-15H2,1H3,(H,31,37)(H2,32,33,34,35). The number of amides is 1. The fourth-order valence-electron chi connectivity index (χ4n) is 3.69. The van der Waals surface area contributed by atoms with E-state index < -0.39 is 21.8 Å². The zero-order chi connectivity index (χ0) is 28.7. The number of carbonyl (C=O) groups is 1. The van der Waals surface area contributed by atoms with Crippen LogP contribution in [0.2, 0.25) is 15.1 Å². The monoisotopic (exact) mass is 621 g/mol. The van der Waals surface area contributed by atoms with Crippen molar-refractivity contribution >= 4 is 62.3 Å². The van der Waals surface area contributed by atoms with Gasteiger partial charge in [0.05, 0.1) is 5.75 Å². The largest absolute Gasteiger partial charge is 0.358 e. The van der Waals surface area contributed by atoms with Gasteiger partial charge in [0.25, 0.3) is 0 Å². The Hall–Kier alpha value is -3.38. The molecule has 0 fully saturated rings. The van der Waals surface area contributed by atoms with Gasteiger partial charge in [-0.25, -0.2) is 13.4 Å². The molecule has 0 bridgehead atoms. The molecule has 0 spiro atoms. The fraction of sp³-hybridized carbons (Fsp3) is 0.231. The Bertz CT molecular complexity index is 1580. The Labute approximate surface area is 247 Å². The van der Waals surface area contributed by atoms with Gasteiger partial charge < -0.3 is 16.0 Å². The molecular formula is C26H26Cl3N7O3S. The first-order valence-corrected chi connectivity index (χ1v) is 15.3. The summed E-state index contributed by atoms with van der Waals surface area (Å²) >= 11 is 18.3. The maximum atomic E-state index is 13.2. The first-order chi connectivity index (χ1) is 19.1. The third-order valence-corrected chi connectivity index (χ3v) is 7.50. The predicted octanol–water partition coefficient (Wildman–Crippen LogP) is 4.77. The van der Waals surface area contributed by atoms with E-state index in [0.717, 1.165) is 11.8 Å². The lowest BCUT2D eigenvalue weighted by molar-refractivity contribution is -0.122. The molecule has 14 heteroatoms. The summed E-state index contributed by atoms with van der Waals surface area (Å²) in [6.45, 7) is 0.523. The number of halogens is 3. The lowest BCUT2D eigenvalue weighted by Crippen LogP contribution is -2.40. The molecule has 1 unspecified atom stereocenters. The lowest BCUT2D eigenvalue weighted by atomic mass is 10.2. The highest BCUT2D eigenvalue weighted by Gasteiger charge is 2.22. The van der Waals surface area contributed by atoms with Gasteiger partial charge in [-0.15, -0.1) is 0 Å². The second kappa shape index (κ2) is 13.3. The summed E-state index contributed by atoms with van der Waals surface area (Å²) in [6.07, 6.45) is 6.04. The molecule has 0 aliphatic carbocycles. The first-order valence-electron chi connectivity index (χ1n) is 12.1. The number of aromatic nitrogens is 4. The van der Waals surface area contributed by atoms with Gasteiger partial charge in [0.1, 0.15) is 33.8 Å². The maximum Gasteiger partial charge on any atom is 0.242 e. The summed E-state index contributed by atoms with van der Waals surface area (Å²) in [5, 5.41) is 10.6. The number of hydrogen-bond acceptors (Lipinski definition) is 8. The van der Waals surface area contributed by atoms with Crippen LogP contribution in [0.25, 0.3) is 5.82 Å². The number of sulfone groups is 1. The molecule has 0 aliphatic rings. The van der Waals surface area contributed by atoms with Gasteiger partial charge in [0.15, 0.2) is 0 Å². The third kappa shape index (κ3) is 8.82. The number of imidazole rings is 1. The van der Waals surface area contributed by atoms with Crippen LogP contribution in [0, 0.1) is 0 Å². The van der Waals surface area contributed by atoms with Gasteiger partial charge in [-0.05, 0) is 41.8 Å². The van der Waals surface area contributed by atoms with Crippen LogP contribution < -0.4 is 16.0 Å². The van der Waals surface area contributed by atoms with E-state index in [1.165, 1.54) is 0 Å². The summed E-state index contributed by atoms with van der Waals surface area (Å²) in [6, 6.07) is 13.1. The number of benzene rings is 2. The zero-order valence-electron chi connectivity index (χ0n) is 21.3. The Morgan fingerprint density at radius 1 is 1.02 bits per heavy atom. The van der Waals surface area contributed by atoms with Crippen LogP contribution in [-0.4, -0.2) is 51.9 Å². The summed E-state index contributed by atoms with van der Waals surface area (Å²) in [5.41, 5.74) is 1.59. The molecule has 1 amide bonds. The van der Waals surface area contributed by atoms with Crippen molar-refractivity contribution in [1.29, 1.82) is 0 Å². The van der Waals surface area contributed by atoms with E-state index in [9.17, 15) is 13.2 Å². The highest BCUT2D eigenvalue weighted by Crippen LogP contribution is 2.21. The molecule has 2 heterocycles. The predicted molar refractivity (Wildman–Crippen MR) is 158 cm³/mol. The summed E-state index contributed by atoms with van der Waals surface area (Å²) in [7, 11) is -3.34. The first kappa shape index (κ1) is 29.6. The minimum atomic E-state index is -3.34. The van der Waals surface area contributed by atoms with Gasteiger partial charge in [-0.2, -0.15) is 9.97 Å². The topological polar surface area (TPSA) is 131 Å². The highest BCUT2D eigenvalue weighted by molar-refractivity contribution is 7.90. The number of carbonyl (C=O) groups excluding carboxylic acids is 1. The van der Waals surface area contributed by atoms with E-state index in [2.05, 4.69) is 30.9 Å². The molecule has 10 nitrogen and oxygen atoms in total. The van der Waals surface area contributed by atoms with E-state index in [-0.39, 0.29) is 24.7 Å². The van der Waals surface area contributed by atoms with Gasteiger partial charge in [-0.1, -0.05) is 53.0 Å². The van der Waals surface area contributed by atoms with E-state index in [0.29, 0.717) is 38.8 Å². The normalized spacial score (nSPS) is 12.1. The molecule has 2 aromatic carbocycles. The maximum absolute atomic E-state index is 13.2. The smallest absolute Gasteiger partial charge is 0.242 e. The van der Waals surface area contributed by atoms with E-state index in [1.807, 2.05) is 18.2 Å². The summed E-state index contributed by atoms with van der Waals surface area (Å²) < 4.78 is 25.5. The molecule has 2 aromatic heterocycles. The van der Waals surface area contributed by atoms with Crippen LogP contribution in [0.4, 0.5) is 11.8 Å². The number of nitrogens with zero attached hydrogens (tertiary/aromatic N) is 4. The molecule has 0 radical (unpaired) electrons. The van der Waals surface area contributed by atoms with E-state index >= 15 is 0 Å². The highest BCUT2D eigenvalue weighted by atomic mass is 35.5. The molecule has 4 rings (SSSR count). The molecule has 0 saturated carbocycles. The fourth-order valence-corrected chi connectivity index (χ4v) is 5.04. The van der Waals surface area contributed by atoms with E-state index in [4.69, 9.17) is 34.8 Å². The van der Waals surface area contributed by atoms with Crippen molar-refractivity contribution in [1.82, 2.24) is 24.8 Å². The number of hydrogen-bond donors (Lipinski definition) is 3. The van der Waals surface area contributed by atoms with Crippen molar-refractivity contribution in [2.75, 3.05) is 22.6 Å². The third-order valence-electron chi connectivity index (χ3n) is 5.71. The Morgan fingerprint density at radius 3 is 2.52 bits per heavy atom. The average molecular weight is 623 g/mol. The molecular weight excluding hydrogens is 597 g/mol. The van der Waals surface area contributed by atoms with Crippen LogP contribution >= 0.6 is 34.8 Å². The molecule has 0 saturated heterocycles. The molecule has 210 valence electrons. The second-order valence-corrected chi connectivity index (χ2v) is 12.5. The van der Waals surface area contributed by atoms with Gasteiger partial charge in [0, 0.05) is 52.9 Å². The van der Waals surface area contributed by atoms with Crippen LogP contribution in [-0.2, 0) is 27.7 Å². The molecule has 3 N–H and O–H groups in total. The second-order valence-electron chi connectivity index (χ2n) is 8.96. The SMILES string of the molecule is CS(=O)(=O)CCC(Nc1cc(-n2ccnc2)nc(NCc2cccc(Cl)c2)n1)C(=O)NCc1ccc(Cl)cc1Cl. The molecule has 40 heavy (non-hydrogen) atoms. The number of anilines is 2. The number of nitrogens with one attached hydrogen (secondary N) is 3. The van der Waals surface area contributed by atoms with Crippen molar-refractivity contribution in [2.45, 2.75) is 25.6 Å². The average Bonchev–Trinajstić information content (AvgIpc) is 3.44. The minimum absolute atomic E-state index is 0.00864. The lowest BCUT2D eigenvalue weighted by Gasteiger charge is -2.20. The summed E-state index contributed by atoms with van der Waals surface area (Å²) in [5.74, 6) is 0.443. The number of rotatable bonds is 12. The zero-order valence-corrected chi connectivity index (χ0v) is 24.4. The van der Waals surface area contributed by atoms with Gasteiger partial charge in [-0.3, -0.25) is 9.36 Å². The van der Waals surface area contributed by atoms with Crippen molar-refractivity contribution in [3.8, 4) is 5.82 Å². The van der Waals surface area contributed by atoms with Crippen molar-refractivity contribution in [3.63, 3.8) is 0 Å². The van der Waals surface area contributed by atoms with Gasteiger partial charge >= 0.3 is 0 Å². The minimum Gasteiger partial charge on any atom is -0.358 e. The summed E-state index contributed by atoms with van der Waals surface area (Å²) in [4.78, 5) is 26.4.